The van der Waals surface area contributed by atoms with E-state index in [2.05, 4.69) is 5.32 Å². The Morgan fingerprint density at radius 1 is 1.56 bits per heavy atom. The van der Waals surface area contributed by atoms with E-state index in [1.807, 2.05) is 11.8 Å². The molecule has 1 aromatic rings. The molecule has 18 heavy (non-hydrogen) atoms. The molecule has 1 saturated carbocycles. The number of hydrogen-bond donors (Lipinski definition) is 1. The summed E-state index contributed by atoms with van der Waals surface area (Å²) in [7, 11) is 0. The fourth-order valence-electron chi connectivity index (χ4n) is 1.86. The summed E-state index contributed by atoms with van der Waals surface area (Å²) in [6.07, 6.45) is 2.22. The van der Waals surface area contributed by atoms with Crippen LogP contribution in [0.25, 0.3) is 0 Å². The molecule has 5 heteroatoms. The Bertz CT molecular complexity index is 428. The zero-order valence-corrected chi connectivity index (χ0v) is 11.8. The van der Waals surface area contributed by atoms with Gasteiger partial charge in [-0.15, -0.1) is 0 Å². The van der Waals surface area contributed by atoms with Crippen LogP contribution >= 0.6 is 23.8 Å². The van der Waals surface area contributed by atoms with Crippen molar-refractivity contribution in [3.63, 3.8) is 0 Å². The van der Waals surface area contributed by atoms with E-state index >= 15 is 0 Å². The third kappa shape index (κ3) is 3.12. The molecule has 0 atom stereocenters. The predicted octanol–water partition coefficient (Wildman–Crippen LogP) is 3.34. The molecule has 1 aromatic carbocycles. The molecule has 98 valence electrons. The maximum atomic E-state index is 13.8. The second-order valence-corrected chi connectivity index (χ2v) is 5.19. The number of thiocarbonyl (C=S) groups is 1. The SMILES string of the molecule is CCNC(=S)N(Cc1c(F)cccc1Cl)C1CC1. The lowest BCUT2D eigenvalue weighted by Gasteiger charge is -2.26. The molecule has 0 aromatic heterocycles. The fraction of sp³-hybridized carbons (Fsp3) is 0.462. The Balaban J connectivity index is 2.16. The third-order valence-corrected chi connectivity index (χ3v) is 3.70. The molecule has 2 nitrogen and oxygen atoms in total. The maximum absolute atomic E-state index is 13.8. The average molecular weight is 287 g/mol. The van der Waals surface area contributed by atoms with Gasteiger partial charge in [0.2, 0.25) is 0 Å². The van der Waals surface area contributed by atoms with Crippen LogP contribution in [0.15, 0.2) is 18.2 Å². The molecule has 1 aliphatic rings. The molecule has 2 rings (SSSR count). The van der Waals surface area contributed by atoms with Crippen LogP contribution in [0, 0.1) is 5.82 Å². The quantitative estimate of drug-likeness (QED) is 0.855. The van der Waals surface area contributed by atoms with E-state index in [9.17, 15) is 4.39 Å². The molecule has 0 unspecified atom stereocenters. The van der Waals surface area contributed by atoms with E-state index in [4.69, 9.17) is 23.8 Å². The van der Waals surface area contributed by atoms with Crippen molar-refractivity contribution in [2.45, 2.75) is 32.4 Å². The van der Waals surface area contributed by atoms with Crippen LogP contribution in [-0.4, -0.2) is 22.6 Å². The zero-order chi connectivity index (χ0) is 13.1. The summed E-state index contributed by atoms with van der Waals surface area (Å²) in [5.74, 6) is -0.271. The molecule has 1 aliphatic carbocycles. The summed E-state index contributed by atoms with van der Waals surface area (Å²) in [5, 5.41) is 4.26. The van der Waals surface area contributed by atoms with Crippen LogP contribution in [0.4, 0.5) is 4.39 Å². The number of nitrogens with zero attached hydrogens (tertiary/aromatic N) is 1. The maximum Gasteiger partial charge on any atom is 0.169 e. The second kappa shape index (κ2) is 5.85. The molecule has 1 N–H and O–H groups in total. The van der Waals surface area contributed by atoms with E-state index in [0.717, 1.165) is 19.4 Å². The Hall–Kier alpha value is -0.870. The molecule has 0 saturated heterocycles. The van der Waals surface area contributed by atoms with Gasteiger partial charge in [-0.3, -0.25) is 0 Å². The van der Waals surface area contributed by atoms with Gasteiger partial charge in [-0.2, -0.15) is 0 Å². The van der Waals surface area contributed by atoms with E-state index in [1.54, 1.807) is 12.1 Å². The van der Waals surface area contributed by atoms with Gasteiger partial charge in [0.05, 0.1) is 0 Å². The molecular weight excluding hydrogens is 271 g/mol. The van der Waals surface area contributed by atoms with Crippen molar-refractivity contribution < 1.29 is 4.39 Å². The molecule has 0 aliphatic heterocycles. The van der Waals surface area contributed by atoms with Crippen LogP contribution in [-0.2, 0) is 6.54 Å². The second-order valence-electron chi connectivity index (χ2n) is 4.39. The van der Waals surface area contributed by atoms with Crippen molar-refractivity contribution in [3.05, 3.63) is 34.6 Å². The zero-order valence-electron chi connectivity index (χ0n) is 10.2. The highest BCUT2D eigenvalue weighted by atomic mass is 35.5. The van der Waals surface area contributed by atoms with Gasteiger partial charge in [-0.05, 0) is 44.1 Å². The highest BCUT2D eigenvalue weighted by molar-refractivity contribution is 7.80. The van der Waals surface area contributed by atoms with Gasteiger partial charge in [-0.25, -0.2) is 4.39 Å². The van der Waals surface area contributed by atoms with Crippen molar-refractivity contribution in [2.75, 3.05) is 6.54 Å². The largest absolute Gasteiger partial charge is 0.363 e. The Morgan fingerprint density at radius 3 is 2.83 bits per heavy atom. The Labute approximate surface area is 117 Å². The van der Waals surface area contributed by atoms with Crippen LogP contribution in [0.3, 0.4) is 0 Å². The highest BCUT2D eigenvalue weighted by Gasteiger charge is 2.31. The first-order valence-corrected chi connectivity index (χ1v) is 6.89. The van der Waals surface area contributed by atoms with Crippen molar-refractivity contribution in [1.29, 1.82) is 0 Å². The van der Waals surface area contributed by atoms with Crippen LogP contribution in [0.1, 0.15) is 25.3 Å². The van der Waals surface area contributed by atoms with Gasteiger partial charge in [0.1, 0.15) is 5.82 Å². The first-order valence-electron chi connectivity index (χ1n) is 6.10. The minimum Gasteiger partial charge on any atom is -0.363 e. The Morgan fingerprint density at radius 2 is 2.28 bits per heavy atom. The first kappa shape index (κ1) is 13.6. The third-order valence-electron chi connectivity index (χ3n) is 2.97. The normalized spacial score (nSPS) is 14.4. The minimum atomic E-state index is -0.271. The van der Waals surface area contributed by atoms with Gasteiger partial charge in [0.15, 0.2) is 5.11 Å². The first-order chi connectivity index (χ1) is 8.63. The van der Waals surface area contributed by atoms with Crippen LogP contribution in [0.5, 0.6) is 0 Å². The van der Waals surface area contributed by atoms with Crippen molar-refractivity contribution in [3.8, 4) is 0 Å². The molecule has 1 fully saturated rings. The Kier molecular flexibility index (Phi) is 4.40. The summed E-state index contributed by atoms with van der Waals surface area (Å²) in [6.45, 7) is 3.20. The number of rotatable bonds is 4. The van der Waals surface area contributed by atoms with Crippen LogP contribution < -0.4 is 5.32 Å². The lowest BCUT2D eigenvalue weighted by molar-refractivity contribution is 0.388. The molecule has 0 amide bonds. The number of benzene rings is 1. The van der Waals surface area contributed by atoms with Gasteiger partial charge in [0, 0.05) is 29.7 Å². The minimum absolute atomic E-state index is 0.271. The summed E-state index contributed by atoms with van der Waals surface area (Å²) in [6, 6.07) is 5.18. The number of nitrogens with one attached hydrogen (secondary N) is 1. The van der Waals surface area contributed by atoms with Gasteiger partial charge in [-0.1, -0.05) is 17.7 Å². The van der Waals surface area contributed by atoms with Crippen molar-refractivity contribution >= 4 is 28.9 Å². The van der Waals surface area contributed by atoms with Gasteiger partial charge in [0.25, 0.3) is 0 Å². The van der Waals surface area contributed by atoms with Crippen molar-refractivity contribution in [2.24, 2.45) is 0 Å². The van der Waals surface area contributed by atoms with E-state index in [0.29, 0.717) is 28.3 Å². The fourth-order valence-corrected chi connectivity index (χ4v) is 2.44. The summed E-state index contributed by atoms with van der Waals surface area (Å²) in [5.41, 5.74) is 0.520. The standard InChI is InChI=1S/C13H16ClFN2S/c1-2-16-13(18)17(9-6-7-9)8-10-11(14)4-3-5-12(10)15/h3-5,9H,2,6-8H2,1H3,(H,16,18). The van der Waals surface area contributed by atoms with Gasteiger partial charge < -0.3 is 10.2 Å². The topological polar surface area (TPSA) is 15.3 Å². The lowest BCUT2D eigenvalue weighted by Crippen LogP contribution is -2.40. The molecule has 0 bridgehead atoms. The number of hydrogen-bond acceptors (Lipinski definition) is 1. The molecule has 0 spiro atoms. The van der Waals surface area contributed by atoms with E-state index < -0.39 is 0 Å². The molecule has 0 heterocycles. The highest BCUT2D eigenvalue weighted by Crippen LogP contribution is 2.30. The predicted molar refractivity (Wildman–Crippen MR) is 76.2 cm³/mol. The smallest absolute Gasteiger partial charge is 0.169 e. The lowest BCUT2D eigenvalue weighted by atomic mass is 10.2. The number of halogens is 2. The van der Waals surface area contributed by atoms with Crippen LogP contribution in [0.2, 0.25) is 5.02 Å². The summed E-state index contributed by atoms with van der Waals surface area (Å²) in [4.78, 5) is 2.03. The molecule has 0 radical (unpaired) electrons. The summed E-state index contributed by atoms with van der Waals surface area (Å²) >= 11 is 11.4. The summed E-state index contributed by atoms with van der Waals surface area (Å²) < 4.78 is 13.8. The van der Waals surface area contributed by atoms with Crippen molar-refractivity contribution in [1.82, 2.24) is 10.2 Å². The van der Waals surface area contributed by atoms with E-state index in [-0.39, 0.29) is 5.82 Å². The average Bonchev–Trinajstić information content (AvgIpc) is 3.13. The van der Waals surface area contributed by atoms with Gasteiger partial charge >= 0.3 is 0 Å². The molecular formula is C13H16ClFN2S. The monoisotopic (exact) mass is 286 g/mol. The van der Waals surface area contributed by atoms with E-state index in [1.165, 1.54) is 6.07 Å².